The minimum absolute atomic E-state index is 0.0342. The van der Waals surface area contributed by atoms with E-state index in [1.807, 2.05) is 30.3 Å². The highest BCUT2D eigenvalue weighted by atomic mass is 16.5. The Morgan fingerprint density at radius 3 is 2.47 bits per heavy atom. The van der Waals surface area contributed by atoms with Gasteiger partial charge in [-0.15, -0.1) is 0 Å². The molecule has 0 unspecified atom stereocenters. The van der Waals surface area contributed by atoms with Crippen LogP contribution in [0.2, 0.25) is 0 Å². The van der Waals surface area contributed by atoms with Gasteiger partial charge in [-0.3, -0.25) is 0 Å². The third kappa shape index (κ3) is 3.25. The molecule has 4 nitrogen and oxygen atoms in total. The van der Waals surface area contributed by atoms with E-state index in [4.69, 9.17) is 4.74 Å². The van der Waals surface area contributed by atoms with E-state index >= 15 is 0 Å². The lowest BCUT2D eigenvalue weighted by molar-refractivity contribution is 0.0505. The Labute approximate surface area is 110 Å². The van der Waals surface area contributed by atoms with Crippen LogP contribution in [-0.2, 0) is 11.2 Å². The summed E-state index contributed by atoms with van der Waals surface area (Å²) in [7, 11) is 0. The topological polar surface area (TPSA) is 66.8 Å². The number of phenols is 2. The Kier molecular flexibility index (Phi) is 4.03. The standard InChI is InChI=1S/C15H14O4/c16-13-8-4-7-12(14(13)17)15(18)19-10-9-11-5-2-1-3-6-11/h1-8,16-17H,9-10H2. The smallest absolute Gasteiger partial charge is 0.342 e. The quantitative estimate of drug-likeness (QED) is 0.653. The van der Waals surface area contributed by atoms with E-state index in [1.54, 1.807) is 0 Å². The van der Waals surface area contributed by atoms with Crippen LogP contribution >= 0.6 is 0 Å². The molecule has 2 aromatic rings. The lowest BCUT2D eigenvalue weighted by atomic mass is 10.1. The molecule has 0 bridgehead atoms. The van der Waals surface area contributed by atoms with Crippen LogP contribution in [0.3, 0.4) is 0 Å². The largest absolute Gasteiger partial charge is 0.504 e. The third-order valence-electron chi connectivity index (χ3n) is 2.70. The molecule has 0 aliphatic carbocycles. The molecule has 0 saturated heterocycles. The highest BCUT2D eigenvalue weighted by Gasteiger charge is 2.14. The van der Waals surface area contributed by atoms with E-state index in [-0.39, 0.29) is 17.9 Å². The number of benzene rings is 2. The second-order valence-electron chi connectivity index (χ2n) is 4.04. The van der Waals surface area contributed by atoms with Crippen molar-refractivity contribution in [1.82, 2.24) is 0 Å². The van der Waals surface area contributed by atoms with Gasteiger partial charge in [-0.2, -0.15) is 0 Å². The van der Waals surface area contributed by atoms with E-state index in [1.165, 1.54) is 18.2 Å². The minimum Gasteiger partial charge on any atom is -0.504 e. The van der Waals surface area contributed by atoms with Crippen molar-refractivity contribution in [3.05, 3.63) is 59.7 Å². The van der Waals surface area contributed by atoms with Gasteiger partial charge in [-0.25, -0.2) is 4.79 Å². The maximum absolute atomic E-state index is 11.7. The van der Waals surface area contributed by atoms with Gasteiger partial charge in [0.25, 0.3) is 0 Å². The zero-order chi connectivity index (χ0) is 13.7. The van der Waals surface area contributed by atoms with Crippen molar-refractivity contribution in [2.75, 3.05) is 6.61 Å². The lowest BCUT2D eigenvalue weighted by Gasteiger charge is -2.07. The van der Waals surface area contributed by atoms with Crippen LogP contribution in [0.5, 0.6) is 11.5 Å². The fraction of sp³-hybridized carbons (Fsp3) is 0.133. The van der Waals surface area contributed by atoms with Crippen LogP contribution in [0.25, 0.3) is 0 Å². The van der Waals surface area contributed by atoms with Crippen molar-refractivity contribution < 1.29 is 19.7 Å². The van der Waals surface area contributed by atoms with Gasteiger partial charge >= 0.3 is 5.97 Å². The Hall–Kier alpha value is -2.49. The van der Waals surface area contributed by atoms with Crippen molar-refractivity contribution in [1.29, 1.82) is 0 Å². The Morgan fingerprint density at radius 1 is 1.00 bits per heavy atom. The number of carbonyl (C=O) groups excluding carboxylic acids is 1. The van der Waals surface area contributed by atoms with Crippen LogP contribution in [0.4, 0.5) is 0 Å². The molecule has 0 atom stereocenters. The molecule has 98 valence electrons. The monoisotopic (exact) mass is 258 g/mol. The number of aromatic hydroxyl groups is 2. The predicted octanol–water partition coefficient (Wildman–Crippen LogP) is 2.50. The highest BCUT2D eigenvalue weighted by molar-refractivity contribution is 5.93. The molecule has 19 heavy (non-hydrogen) atoms. The summed E-state index contributed by atoms with van der Waals surface area (Å²) in [6.07, 6.45) is 0.603. The fourth-order valence-electron chi connectivity index (χ4n) is 1.68. The Bertz CT molecular complexity index is 564. The van der Waals surface area contributed by atoms with Crippen LogP contribution in [0.1, 0.15) is 15.9 Å². The van der Waals surface area contributed by atoms with Crippen molar-refractivity contribution in [3.8, 4) is 11.5 Å². The second-order valence-corrected chi connectivity index (χ2v) is 4.04. The van der Waals surface area contributed by atoms with E-state index in [2.05, 4.69) is 0 Å². The average molecular weight is 258 g/mol. The summed E-state index contributed by atoms with van der Waals surface area (Å²) in [5.41, 5.74) is 1.03. The summed E-state index contributed by atoms with van der Waals surface area (Å²) < 4.78 is 5.06. The molecular weight excluding hydrogens is 244 g/mol. The first-order chi connectivity index (χ1) is 9.18. The summed E-state index contributed by atoms with van der Waals surface area (Å²) in [6.45, 7) is 0.220. The van der Waals surface area contributed by atoms with Crippen molar-refractivity contribution in [2.24, 2.45) is 0 Å². The molecule has 2 rings (SSSR count). The number of rotatable bonds is 4. The number of hydrogen-bond donors (Lipinski definition) is 2. The zero-order valence-electron chi connectivity index (χ0n) is 10.2. The van der Waals surface area contributed by atoms with Crippen LogP contribution in [-0.4, -0.2) is 22.8 Å². The average Bonchev–Trinajstić information content (AvgIpc) is 2.43. The molecular formula is C15H14O4. The molecule has 2 aromatic carbocycles. The van der Waals surface area contributed by atoms with E-state index in [0.29, 0.717) is 6.42 Å². The summed E-state index contributed by atoms with van der Waals surface area (Å²) in [6, 6.07) is 13.8. The Morgan fingerprint density at radius 2 is 1.74 bits per heavy atom. The number of carbonyl (C=O) groups is 1. The maximum atomic E-state index is 11.7. The number of ether oxygens (including phenoxy) is 1. The molecule has 2 N–H and O–H groups in total. The molecule has 0 radical (unpaired) electrons. The van der Waals surface area contributed by atoms with Gasteiger partial charge in [-0.1, -0.05) is 36.4 Å². The first-order valence-corrected chi connectivity index (χ1v) is 5.90. The molecule has 0 amide bonds. The molecule has 0 spiro atoms. The van der Waals surface area contributed by atoms with E-state index in [9.17, 15) is 15.0 Å². The fourth-order valence-corrected chi connectivity index (χ4v) is 1.68. The molecule has 4 heteroatoms. The summed E-state index contributed by atoms with van der Waals surface area (Å²) in [5, 5.41) is 18.8. The molecule has 0 aromatic heterocycles. The normalized spacial score (nSPS) is 10.1. The van der Waals surface area contributed by atoms with Crippen molar-refractivity contribution in [3.63, 3.8) is 0 Å². The second kappa shape index (κ2) is 5.91. The molecule has 0 aliphatic heterocycles. The molecule has 0 saturated carbocycles. The van der Waals surface area contributed by atoms with Crippen LogP contribution in [0, 0.1) is 0 Å². The Balaban J connectivity index is 1.93. The highest BCUT2D eigenvalue weighted by Crippen LogP contribution is 2.28. The van der Waals surface area contributed by atoms with Crippen molar-refractivity contribution >= 4 is 5.97 Å². The van der Waals surface area contributed by atoms with Gasteiger partial charge < -0.3 is 14.9 Å². The number of phenolic OH excluding ortho intramolecular Hbond substituents is 2. The van der Waals surface area contributed by atoms with Gasteiger partial charge in [0, 0.05) is 6.42 Å². The summed E-state index contributed by atoms with van der Waals surface area (Å²) >= 11 is 0. The maximum Gasteiger partial charge on any atom is 0.342 e. The van der Waals surface area contributed by atoms with Crippen molar-refractivity contribution in [2.45, 2.75) is 6.42 Å². The van der Waals surface area contributed by atoms with Gasteiger partial charge in [0.1, 0.15) is 5.56 Å². The molecule has 0 fully saturated rings. The van der Waals surface area contributed by atoms with E-state index in [0.717, 1.165) is 5.56 Å². The first kappa shape index (κ1) is 13.0. The number of esters is 1. The van der Waals surface area contributed by atoms with Crippen LogP contribution in [0.15, 0.2) is 48.5 Å². The lowest BCUT2D eigenvalue weighted by Crippen LogP contribution is -2.08. The van der Waals surface area contributed by atoms with Gasteiger partial charge in [-0.05, 0) is 17.7 Å². The molecule has 0 heterocycles. The first-order valence-electron chi connectivity index (χ1n) is 5.90. The van der Waals surface area contributed by atoms with Crippen LogP contribution < -0.4 is 0 Å². The number of hydrogen-bond acceptors (Lipinski definition) is 4. The molecule has 0 aliphatic rings. The SMILES string of the molecule is O=C(OCCc1ccccc1)c1cccc(O)c1O. The predicted molar refractivity (Wildman–Crippen MR) is 70.2 cm³/mol. The zero-order valence-corrected chi connectivity index (χ0v) is 10.2. The van der Waals surface area contributed by atoms with E-state index < -0.39 is 11.7 Å². The van der Waals surface area contributed by atoms with Gasteiger partial charge in [0.05, 0.1) is 6.61 Å². The van der Waals surface area contributed by atoms with Gasteiger partial charge in [0.2, 0.25) is 0 Å². The summed E-state index contributed by atoms with van der Waals surface area (Å²) in [4.78, 5) is 11.7. The minimum atomic E-state index is -0.649. The van der Waals surface area contributed by atoms with Gasteiger partial charge in [0.15, 0.2) is 11.5 Å². The number of para-hydroxylation sites is 1. The third-order valence-corrected chi connectivity index (χ3v) is 2.70. The summed E-state index contributed by atoms with van der Waals surface area (Å²) in [5.74, 6) is -1.44.